The van der Waals surface area contributed by atoms with Gasteiger partial charge in [-0.25, -0.2) is 4.98 Å². The van der Waals surface area contributed by atoms with Gasteiger partial charge in [-0.05, 0) is 48.9 Å². The SMILES string of the molecule is C/C=C/c1ccc(OCC(=O)NCc2nc(-c3ccc(OC)cc3)n[nH]2)c(OC)c1. The maximum absolute atomic E-state index is 12.1. The molecule has 2 aromatic carbocycles. The smallest absolute Gasteiger partial charge is 0.258 e. The van der Waals surface area contributed by atoms with Crippen molar-refractivity contribution in [3.63, 3.8) is 0 Å². The Hall–Kier alpha value is -3.81. The number of benzene rings is 2. The van der Waals surface area contributed by atoms with Crippen LogP contribution in [0.1, 0.15) is 18.3 Å². The Bertz CT molecular complexity index is 1010. The predicted molar refractivity (Wildman–Crippen MR) is 113 cm³/mol. The molecule has 3 rings (SSSR count). The number of aromatic nitrogens is 3. The maximum Gasteiger partial charge on any atom is 0.258 e. The van der Waals surface area contributed by atoms with E-state index in [1.54, 1.807) is 20.3 Å². The molecule has 0 fully saturated rings. The van der Waals surface area contributed by atoms with Crippen LogP contribution in [-0.4, -0.2) is 41.9 Å². The lowest BCUT2D eigenvalue weighted by Gasteiger charge is -2.11. The number of allylic oxidation sites excluding steroid dienone is 1. The zero-order valence-corrected chi connectivity index (χ0v) is 17.1. The van der Waals surface area contributed by atoms with E-state index in [1.807, 2.05) is 55.5 Å². The van der Waals surface area contributed by atoms with Crippen molar-refractivity contribution in [2.45, 2.75) is 13.5 Å². The topological polar surface area (TPSA) is 98.4 Å². The number of H-pyrrole nitrogens is 1. The molecule has 156 valence electrons. The van der Waals surface area contributed by atoms with Gasteiger partial charge in [0, 0.05) is 5.56 Å². The predicted octanol–water partition coefficient (Wildman–Crippen LogP) is 3.22. The first-order valence-corrected chi connectivity index (χ1v) is 9.39. The highest BCUT2D eigenvalue weighted by atomic mass is 16.5. The highest BCUT2D eigenvalue weighted by Crippen LogP contribution is 2.28. The number of nitrogens with zero attached hydrogens (tertiary/aromatic N) is 2. The number of amides is 1. The molecule has 2 N–H and O–H groups in total. The van der Waals surface area contributed by atoms with Gasteiger partial charge >= 0.3 is 0 Å². The Labute approximate surface area is 174 Å². The van der Waals surface area contributed by atoms with E-state index in [9.17, 15) is 4.79 Å². The largest absolute Gasteiger partial charge is 0.497 e. The molecule has 0 aliphatic heterocycles. The molecule has 1 aromatic heterocycles. The average Bonchev–Trinajstić information content (AvgIpc) is 3.26. The Morgan fingerprint density at radius 2 is 1.90 bits per heavy atom. The number of rotatable bonds is 9. The van der Waals surface area contributed by atoms with Gasteiger partial charge in [0.2, 0.25) is 0 Å². The third-order valence-electron chi connectivity index (χ3n) is 4.24. The summed E-state index contributed by atoms with van der Waals surface area (Å²) in [5.74, 6) is 2.64. The van der Waals surface area contributed by atoms with Gasteiger partial charge in [-0.1, -0.05) is 18.2 Å². The van der Waals surface area contributed by atoms with E-state index in [4.69, 9.17) is 14.2 Å². The molecule has 0 aliphatic rings. The maximum atomic E-state index is 12.1. The van der Waals surface area contributed by atoms with Crippen LogP contribution in [0.4, 0.5) is 0 Å². The summed E-state index contributed by atoms with van der Waals surface area (Å²) in [6.07, 6.45) is 3.89. The minimum atomic E-state index is -0.281. The monoisotopic (exact) mass is 408 g/mol. The second kappa shape index (κ2) is 10.1. The summed E-state index contributed by atoms with van der Waals surface area (Å²) in [4.78, 5) is 16.5. The number of hydrogen-bond donors (Lipinski definition) is 2. The summed E-state index contributed by atoms with van der Waals surface area (Å²) in [7, 11) is 3.17. The van der Waals surface area contributed by atoms with Gasteiger partial charge in [-0.2, -0.15) is 5.10 Å². The van der Waals surface area contributed by atoms with Gasteiger partial charge in [0.05, 0.1) is 20.8 Å². The lowest BCUT2D eigenvalue weighted by molar-refractivity contribution is -0.123. The molecular weight excluding hydrogens is 384 g/mol. The van der Waals surface area contributed by atoms with Crippen molar-refractivity contribution in [1.29, 1.82) is 0 Å². The summed E-state index contributed by atoms with van der Waals surface area (Å²) in [5, 5.41) is 9.75. The highest BCUT2D eigenvalue weighted by Gasteiger charge is 2.10. The number of ether oxygens (including phenoxy) is 3. The van der Waals surface area contributed by atoms with Crippen LogP contribution in [0, 0.1) is 0 Å². The molecule has 0 atom stereocenters. The second-order valence-corrected chi connectivity index (χ2v) is 6.31. The Kier molecular flexibility index (Phi) is 7.05. The van der Waals surface area contributed by atoms with E-state index >= 15 is 0 Å². The van der Waals surface area contributed by atoms with Crippen molar-refractivity contribution in [2.75, 3.05) is 20.8 Å². The fourth-order valence-corrected chi connectivity index (χ4v) is 2.72. The van der Waals surface area contributed by atoms with E-state index in [0.29, 0.717) is 23.1 Å². The van der Waals surface area contributed by atoms with Gasteiger partial charge in [-0.15, -0.1) is 0 Å². The summed E-state index contributed by atoms with van der Waals surface area (Å²) in [6.45, 7) is 2.01. The lowest BCUT2D eigenvalue weighted by atomic mass is 10.2. The molecule has 0 radical (unpaired) electrons. The number of carbonyl (C=O) groups is 1. The molecule has 0 spiro atoms. The molecule has 0 unspecified atom stereocenters. The van der Waals surface area contributed by atoms with Crippen LogP contribution >= 0.6 is 0 Å². The zero-order valence-electron chi connectivity index (χ0n) is 17.1. The first kappa shape index (κ1) is 20.9. The van der Waals surface area contributed by atoms with E-state index in [1.165, 1.54) is 0 Å². The Morgan fingerprint density at radius 3 is 2.60 bits per heavy atom. The van der Waals surface area contributed by atoms with Crippen molar-refractivity contribution in [3.05, 3.63) is 59.9 Å². The van der Waals surface area contributed by atoms with Gasteiger partial charge in [0.1, 0.15) is 11.6 Å². The van der Waals surface area contributed by atoms with Crippen molar-refractivity contribution < 1.29 is 19.0 Å². The molecule has 0 saturated carbocycles. The normalized spacial score (nSPS) is 10.8. The molecule has 30 heavy (non-hydrogen) atoms. The summed E-state index contributed by atoms with van der Waals surface area (Å²) >= 11 is 0. The number of nitrogens with one attached hydrogen (secondary N) is 2. The van der Waals surface area contributed by atoms with Crippen LogP contribution in [0.3, 0.4) is 0 Å². The molecular formula is C22H24N4O4. The first-order valence-electron chi connectivity index (χ1n) is 9.39. The average molecular weight is 408 g/mol. The Balaban J connectivity index is 1.52. The van der Waals surface area contributed by atoms with Gasteiger partial charge in [-0.3, -0.25) is 9.89 Å². The number of hydrogen-bond acceptors (Lipinski definition) is 6. The number of methoxy groups -OCH3 is 2. The van der Waals surface area contributed by atoms with E-state index in [2.05, 4.69) is 20.5 Å². The third kappa shape index (κ3) is 5.38. The molecule has 1 heterocycles. The van der Waals surface area contributed by atoms with Crippen LogP contribution in [0.5, 0.6) is 17.2 Å². The standard InChI is InChI=1S/C22H24N4O4/c1-4-5-15-6-11-18(19(12-15)29-3)30-14-21(27)23-13-20-24-22(26-25-20)16-7-9-17(28-2)10-8-16/h4-12H,13-14H2,1-3H3,(H,23,27)(H,24,25,26)/b5-4+. The molecule has 8 nitrogen and oxygen atoms in total. The highest BCUT2D eigenvalue weighted by molar-refractivity contribution is 5.77. The number of carbonyl (C=O) groups excluding carboxylic acids is 1. The van der Waals surface area contributed by atoms with Gasteiger partial charge < -0.3 is 19.5 Å². The van der Waals surface area contributed by atoms with Gasteiger partial charge in [0.15, 0.2) is 23.9 Å². The van der Waals surface area contributed by atoms with Crippen LogP contribution in [-0.2, 0) is 11.3 Å². The summed E-state index contributed by atoms with van der Waals surface area (Å²) in [6, 6.07) is 12.9. The van der Waals surface area contributed by atoms with Crippen molar-refractivity contribution in [1.82, 2.24) is 20.5 Å². The molecule has 0 saturated heterocycles. The lowest BCUT2D eigenvalue weighted by Crippen LogP contribution is -2.28. The molecule has 0 bridgehead atoms. The first-order chi connectivity index (χ1) is 14.6. The number of aromatic amines is 1. The molecule has 8 heteroatoms. The third-order valence-corrected chi connectivity index (χ3v) is 4.24. The molecule has 3 aromatic rings. The van der Waals surface area contributed by atoms with Crippen LogP contribution in [0.25, 0.3) is 17.5 Å². The summed E-state index contributed by atoms with van der Waals surface area (Å²) < 4.78 is 16.1. The van der Waals surface area contributed by atoms with Crippen molar-refractivity contribution in [3.8, 4) is 28.6 Å². The fourth-order valence-electron chi connectivity index (χ4n) is 2.72. The molecule has 0 aliphatic carbocycles. The van der Waals surface area contributed by atoms with E-state index in [-0.39, 0.29) is 19.1 Å². The quantitative estimate of drug-likeness (QED) is 0.564. The van der Waals surface area contributed by atoms with Crippen LogP contribution < -0.4 is 19.5 Å². The minimum absolute atomic E-state index is 0.140. The second-order valence-electron chi connectivity index (χ2n) is 6.31. The van der Waals surface area contributed by atoms with Crippen LogP contribution in [0.15, 0.2) is 48.5 Å². The van der Waals surface area contributed by atoms with Crippen molar-refractivity contribution in [2.24, 2.45) is 0 Å². The Morgan fingerprint density at radius 1 is 1.10 bits per heavy atom. The molecule has 1 amide bonds. The van der Waals surface area contributed by atoms with Crippen LogP contribution in [0.2, 0.25) is 0 Å². The van der Waals surface area contributed by atoms with Crippen molar-refractivity contribution >= 4 is 12.0 Å². The fraction of sp³-hybridized carbons (Fsp3) is 0.227. The van der Waals surface area contributed by atoms with E-state index in [0.717, 1.165) is 16.9 Å². The zero-order chi connectivity index (χ0) is 21.3. The summed E-state index contributed by atoms with van der Waals surface area (Å²) in [5.41, 5.74) is 1.84. The minimum Gasteiger partial charge on any atom is -0.497 e. The van der Waals surface area contributed by atoms with Gasteiger partial charge in [0.25, 0.3) is 5.91 Å². The van der Waals surface area contributed by atoms with E-state index < -0.39 is 0 Å².